The molecule has 0 aliphatic carbocycles. The Kier molecular flexibility index (Phi) is 6.77. The van der Waals surface area contributed by atoms with Crippen LogP contribution in [0.4, 0.5) is 11.4 Å². The van der Waals surface area contributed by atoms with E-state index < -0.39 is 0 Å². The number of amides is 2. The highest BCUT2D eigenvalue weighted by molar-refractivity contribution is 6.04. The Labute approximate surface area is 160 Å². The van der Waals surface area contributed by atoms with Gasteiger partial charge in [0.15, 0.2) is 0 Å². The van der Waals surface area contributed by atoms with Gasteiger partial charge in [-0.3, -0.25) is 9.59 Å². The maximum atomic E-state index is 12.5. The average molecular weight is 374 g/mol. The highest BCUT2D eigenvalue weighted by atomic mass is 35.5. The van der Waals surface area contributed by atoms with Crippen molar-refractivity contribution in [3.8, 4) is 0 Å². The number of halogens is 1. The van der Waals surface area contributed by atoms with Gasteiger partial charge in [0.05, 0.1) is 0 Å². The summed E-state index contributed by atoms with van der Waals surface area (Å²) < 4.78 is 0. The van der Waals surface area contributed by atoms with Crippen molar-refractivity contribution in [2.75, 3.05) is 30.4 Å². The lowest BCUT2D eigenvalue weighted by Gasteiger charge is -2.15. The topological polar surface area (TPSA) is 61.4 Å². The number of fused-ring (bicyclic) bond motifs is 1. The molecular weight excluding hydrogens is 350 g/mol. The number of hydrogen-bond donors (Lipinski definition) is 2. The highest BCUT2D eigenvalue weighted by Crippen LogP contribution is 2.19. The Hall–Kier alpha value is -2.37. The zero-order chi connectivity index (χ0) is 17.8. The van der Waals surface area contributed by atoms with Crippen LogP contribution in [0.5, 0.6) is 0 Å². The van der Waals surface area contributed by atoms with Crippen LogP contribution in [0.25, 0.3) is 0 Å². The normalized spacial score (nSPS) is 13.0. The van der Waals surface area contributed by atoms with Gasteiger partial charge in [-0.25, -0.2) is 0 Å². The standard InChI is InChI=1S/C20H23N3O2.ClH/c1-14(24)23(2)19-7-5-18(6-8-19)22-20(25)17-4-3-15-9-11-21-12-10-16(15)13-17;/h3-8,13,21H,9-12H2,1-2H3,(H,22,25);1H. The fourth-order valence-electron chi connectivity index (χ4n) is 2.97. The van der Waals surface area contributed by atoms with Gasteiger partial charge < -0.3 is 15.5 Å². The van der Waals surface area contributed by atoms with E-state index in [0.29, 0.717) is 11.3 Å². The smallest absolute Gasteiger partial charge is 0.255 e. The summed E-state index contributed by atoms with van der Waals surface area (Å²) in [5, 5.41) is 6.29. The van der Waals surface area contributed by atoms with E-state index in [1.807, 2.05) is 24.3 Å². The molecule has 2 N–H and O–H groups in total. The second-order valence-electron chi connectivity index (χ2n) is 6.31. The van der Waals surface area contributed by atoms with Gasteiger partial charge in [-0.2, -0.15) is 0 Å². The Balaban J connectivity index is 0.00000243. The molecule has 5 nitrogen and oxygen atoms in total. The van der Waals surface area contributed by atoms with Crippen LogP contribution < -0.4 is 15.5 Å². The summed E-state index contributed by atoms with van der Waals surface area (Å²) in [4.78, 5) is 25.5. The average Bonchev–Trinajstić information content (AvgIpc) is 2.86. The minimum Gasteiger partial charge on any atom is -0.322 e. The zero-order valence-corrected chi connectivity index (χ0v) is 15.9. The number of nitrogens with zero attached hydrogens (tertiary/aromatic N) is 1. The second kappa shape index (κ2) is 8.83. The van der Waals surface area contributed by atoms with Gasteiger partial charge >= 0.3 is 0 Å². The molecule has 1 aliphatic heterocycles. The maximum Gasteiger partial charge on any atom is 0.255 e. The molecule has 2 aromatic rings. The molecule has 2 amide bonds. The van der Waals surface area contributed by atoms with E-state index in [-0.39, 0.29) is 24.2 Å². The van der Waals surface area contributed by atoms with Gasteiger partial charge in [0.2, 0.25) is 5.91 Å². The molecule has 0 aromatic heterocycles. The van der Waals surface area contributed by atoms with Crippen molar-refractivity contribution in [2.45, 2.75) is 19.8 Å². The van der Waals surface area contributed by atoms with Gasteiger partial charge in [0, 0.05) is 30.9 Å². The van der Waals surface area contributed by atoms with E-state index in [1.54, 1.807) is 24.1 Å². The number of benzene rings is 2. The Bertz CT molecular complexity index is 790. The third kappa shape index (κ3) is 4.62. The third-order valence-electron chi connectivity index (χ3n) is 4.60. The summed E-state index contributed by atoms with van der Waals surface area (Å²) in [5.41, 5.74) is 4.74. The fraction of sp³-hybridized carbons (Fsp3) is 0.300. The molecule has 0 atom stereocenters. The van der Waals surface area contributed by atoms with Crippen molar-refractivity contribution < 1.29 is 9.59 Å². The molecule has 26 heavy (non-hydrogen) atoms. The molecule has 0 radical (unpaired) electrons. The minimum atomic E-state index is -0.118. The summed E-state index contributed by atoms with van der Waals surface area (Å²) in [6.45, 7) is 3.45. The van der Waals surface area contributed by atoms with Crippen LogP contribution >= 0.6 is 12.4 Å². The lowest BCUT2D eigenvalue weighted by atomic mass is 10.00. The first-order chi connectivity index (χ1) is 12.0. The van der Waals surface area contributed by atoms with Crippen LogP contribution in [0, 0.1) is 0 Å². The molecule has 3 rings (SSSR count). The van der Waals surface area contributed by atoms with Crippen LogP contribution in [-0.4, -0.2) is 32.0 Å². The molecule has 0 bridgehead atoms. The third-order valence-corrected chi connectivity index (χ3v) is 4.60. The first-order valence-corrected chi connectivity index (χ1v) is 8.53. The summed E-state index contributed by atoms with van der Waals surface area (Å²) in [5.74, 6) is -0.149. The van der Waals surface area contributed by atoms with Gasteiger partial charge in [0.1, 0.15) is 0 Å². The van der Waals surface area contributed by atoms with Crippen LogP contribution in [0.1, 0.15) is 28.4 Å². The summed E-state index contributed by atoms with van der Waals surface area (Å²) in [6, 6.07) is 13.2. The van der Waals surface area contributed by atoms with Gasteiger partial charge in [-0.05, 0) is 73.5 Å². The first kappa shape index (κ1) is 19.9. The molecular formula is C20H24ClN3O2. The van der Waals surface area contributed by atoms with E-state index in [2.05, 4.69) is 16.7 Å². The molecule has 1 aliphatic rings. The number of hydrogen-bond acceptors (Lipinski definition) is 3. The lowest BCUT2D eigenvalue weighted by Crippen LogP contribution is -2.22. The molecule has 0 saturated carbocycles. The number of carbonyl (C=O) groups is 2. The van der Waals surface area contributed by atoms with Gasteiger partial charge in [0.25, 0.3) is 5.91 Å². The number of nitrogens with one attached hydrogen (secondary N) is 2. The van der Waals surface area contributed by atoms with Crippen molar-refractivity contribution in [3.63, 3.8) is 0 Å². The molecule has 0 saturated heterocycles. The van der Waals surface area contributed by atoms with Gasteiger partial charge in [-0.15, -0.1) is 12.4 Å². The van der Waals surface area contributed by atoms with Crippen molar-refractivity contribution >= 4 is 35.6 Å². The van der Waals surface area contributed by atoms with E-state index in [9.17, 15) is 9.59 Å². The molecule has 2 aromatic carbocycles. The maximum absolute atomic E-state index is 12.5. The monoisotopic (exact) mass is 373 g/mol. The van der Waals surface area contributed by atoms with Crippen molar-refractivity contribution in [1.82, 2.24) is 5.32 Å². The first-order valence-electron chi connectivity index (χ1n) is 8.53. The van der Waals surface area contributed by atoms with Gasteiger partial charge in [-0.1, -0.05) is 6.07 Å². The number of anilines is 2. The lowest BCUT2D eigenvalue weighted by molar-refractivity contribution is -0.116. The van der Waals surface area contributed by atoms with E-state index >= 15 is 0 Å². The summed E-state index contributed by atoms with van der Waals surface area (Å²) >= 11 is 0. The van der Waals surface area contributed by atoms with Crippen molar-refractivity contribution in [2.24, 2.45) is 0 Å². The molecule has 0 fully saturated rings. The quantitative estimate of drug-likeness (QED) is 0.869. The van der Waals surface area contributed by atoms with Crippen LogP contribution in [0.2, 0.25) is 0 Å². The molecule has 0 spiro atoms. The van der Waals surface area contributed by atoms with E-state index in [1.165, 1.54) is 18.1 Å². The predicted octanol–water partition coefficient (Wildman–Crippen LogP) is 3.03. The Morgan fingerprint density at radius 2 is 1.65 bits per heavy atom. The van der Waals surface area contributed by atoms with Crippen molar-refractivity contribution in [3.05, 3.63) is 59.2 Å². The Morgan fingerprint density at radius 1 is 1.00 bits per heavy atom. The Morgan fingerprint density at radius 3 is 2.31 bits per heavy atom. The molecule has 6 heteroatoms. The number of rotatable bonds is 3. The predicted molar refractivity (Wildman–Crippen MR) is 107 cm³/mol. The molecule has 138 valence electrons. The highest BCUT2D eigenvalue weighted by Gasteiger charge is 2.12. The summed E-state index contributed by atoms with van der Waals surface area (Å²) in [7, 11) is 1.72. The van der Waals surface area contributed by atoms with Crippen molar-refractivity contribution in [1.29, 1.82) is 0 Å². The zero-order valence-electron chi connectivity index (χ0n) is 15.0. The summed E-state index contributed by atoms with van der Waals surface area (Å²) in [6.07, 6.45) is 1.95. The minimum absolute atomic E-state index is 0. The molecule has 0 unspecified atom stereocenters. The van der Waals surface area contributed by atoms with Crippen LogP contribution in [0.3, 0.4) is 0 Å². The van der Waals surface area contributed by atoms with Crippen LogP contribution in [-0.2, 0) is 17.6 Å². The van der Waals surface area contributed by atoms with E-state index in [4.69, 9.17) is 0 Å². The molecule has 1 heterocycles. The number of carbonyl (C=O) groups excluding carboxylic acids is 2. The largest absolute Gasteiger partial charge is 0.322 e. The fourth-order valence-corrected chi connectivity index (χ4v) is 2.97. The second-order valence-corrected chi connectivity index (χ2v) is 6.31. The van der Waals surface area contributed by atoms with Crippen LogP contribution in [0.15, 0.2) is 42.5 Å². The van der Waals surface area contributed by atoms with E-state index in [0.717, 1.165) is 31.6 Å². The SMILES string of the molecule is CC(=O)N(C)c1ccc(NC(=O)c2ccc3c(c2)CCNCC3)cc1.Cl.